The Morgan fingerprint density at radius 3 is 2.75 bits per heavy atom. The van der Waals surface area contributed by atoms with Gasteiger partial charge in [0.25, 0.3) is 0 Å². The van der Waals surface area contributed by atoms with E-state index < -0.39 is 11.9 Å². The smallest absolute Gasteiger partial charge is 0.336 e. The lowest BCUT2D eigenvalue weighted by Crippen LogP contribution is -2.34. The van der Waals surface area contributed by atoms with Crippen LogP contribution in [-0.4, -0.2) is 19.0 Å². The molecule has 1 aliphatic rings. The minimum atomic E-state index is -0.483. The van der Waals surface area contributed by atoms with E-state index in [1.165, 1.54) is 7.11 Å². The van der Waals surface area contributed by atoms with Gasteiger partial charge in [-0.3, -0.25) is 4.79 Å². The summed E-state index contributed by atoms with van der Waals surface area (Å²) < 4.78 is 4.79. The van der Waals surface area contributed by atoms with Crippen LogP contribution in [0.3, 0.4) is 0 Å². The molecule has 0 spiro atoms. The zero-order valence-electron chi connectivity index (χ0n) is 11.0. The molecule has 0 radical (unpaired) electrons. The fourth-order valence-corrected chi connectivity index (χ4v) is 2.78. The molecule has 1 amide bonds. The molecule has 2 rings (SSSR count). The van der Waals surface area contributed by atoms with Crippen molar-refractivity contribution in [2.45, 2.75) is 19.3 Å². The maximum absolute atomic E-state index is 12.0. The van der Waals surface area contributed by atoms with E-state index in [-0.39, 0.29) is 12.3 Å². The maximum atomic E-state index is 12.0. The normalized spacial score (nSPS) is 18.8. The summed E-state index contributed by atoms with van der Waals surface area (Å²) in [7, 11) is 1.30. The van der Waals surface area contributed by atoms with Gasteiger partial charge in [-0.25, -0.2) is 4.79 Å². The SMILES string of the molecule is COC(=O)C1=C(C)NC(=O)C[C@@H]1c1cccc(Cl)c1Cl. The number of carbonyl (C=O) groups is 2. The Morgan fingerprint density at radius 1 is 1.40 bits per heavy atom. The van der Waals surface area contributed by atoms with Crippen molar-refractivity contribution in [1.82, 2.24) is 5.32 Å². The zero-order valence-corrected chi connectivity index (χ0v) is 12.5. The summed E-state index contributed by atoms with van der Waals surface area (Å²) in [6, 6.07) is 5.15. The Morgan fingerprint density at radius 2 is 2.10 bits per heavy atom. The van der Waals surface area contributed by atoms with Gasteiger partial charge in [0.05, 0.1) is 22.7 Å². The predicted octanol–water partition coefficient (Wildman–Crippen LogP) is 3.04. The first-order chi connectivity index (χ1) is 9.45. The van der Waals surface area contributed by atoms with Crippen LogP contribution in [0.2, 0.25) is 10.0 Å². The summed E-state index contributed by atoms with van der Waals surface area (Å²) in [4.78, 5) is 23.7. The van der Waals surface area contributed by atoms with Crippen molar-refractivity contribution in [2.24, 2.45) is 0 Å². The fourth-order valence-electron chi connectivity index (χ4n) is 2.34. The standard InChI is InChI=1S/C14H13Cl2NO3/c1-7-12(14(19)20-2)9(6-11(18)17-7)8-4-3-5-10(15)13(8)16/h3-5,9H,6H2,1-2H3,(H,17,18)/t9-/m1/s1. The van der Waals surface area contributed by atoms with E-state index in [0.717, 1.165) is 0 Å². The van der Waals surface area contributed by atoms with Crippen molar-refractivity contribution in [1.29, 1.82) is 0 Å². The number of hydrogen-bond donors (Lipinski definition) is 1. The monoisotopic (exact) mass is 313 g/mol. The molecule has 4 nitrogen and oxygen atoms in total. The molecule has 1 aromatic carbocycles. The quantitative estimate of drug-likeness (QED) is 0.854. The van der Waals surface area contributed by atoms with Gasteiger partial charge in [-0.15, -0.1) is 0 Å². The van der Waals surface area contributed by atoms with Crippen molar-refractivity contribution >= 4 is 35.1 Å². The topological polar surface area (TPSA) is 55.4 Å². The molecule has 1 aliphatic heterocycles. The van der Waals surface area contributed by atoms with Crippen LogP contribution in [-0.2, 0) is 14.3 Å². The second kappa shape index (κ2) is 5.85. The van der Waals surface area contributed by atoms with E-state index >= 15 is 0 Å². The van der Waals surface area contributed by atoms with Gasteiger partial charge in [-0.1, -0.05) is 35.3 Å². The Labute approximate surface area is 126 Å². The maximum Gasteiger partial charge on any atom is 0.336 e. The van der Waals surface area contributed by atoms with Crippen molar-refractivity contribution < 1.29 is 14.3 Å². The first-order valence-electron chi connectivity index (χ1n) is 5.98. The van der Waals surface area contributed by atoms with Crippen LogP contribution < -0.4 is 5.32 Å². The number of ether oxygens (including phenoxy) is 1. The molecular weight excluding hydrogens is 301 g/mol. The molecule has 0 fully saturated rings. The average Bonchev–Trinajstić information content (AvgIpc) is 2.40. The Bertz CT molecular complexity index is 610. The van der Waals surface area contributed by atoms with E-state index in [0.29, 0.717) is 26.9 Å². The predicted molar refractivity (Wildman–Crippen MR) is 76.7 cm³/mol. The van der Waals surface area contributed by atoms with Gasteiger partial charge in [0.15, 0.2) is 0 Å². The number of methoxy groups -OCH3 is 1. The average molecular weight is 314 g/mol. The summed E-state index contributed by atoms with van der Waals surface area (Å²) in [6.07, 6.45) is 0.127. The van der Waals surface area contributed by atoms with Gasteiger partial charge in [0, 0.05) is 18.0 Å². The number of rotatable bonds is 2. The molecule has 0 aromatic heterocycles. The first-order valence-corrected chi connectivity index (χ1v) is 6.74. The van der Waals surface area contributed by atoms with Gasteiger partial charge in [0.1, 0.15) is 0 Å². The second-order valence-electron chi connectivity index (χ2n) is 4.48. The zero-order chi connectivity index (χ0) is 14.9. The van der Waals surface area contributed by atoms with Crippen molar-refractivity contribution in [2.75, 3.05) is 7.11 Å². The molecule has 106 valence electrons. The third-order valence-corrected chi connectivity index (χ3v) is 4.06. The van der Waals surface area contributed by atoms with E-state index in [1.807, 2.05) is 0 Å². The number of amides is 1. The number of halogens is 2. The Kier molecular flexibility index (Phi) is 4.35. The number of carbonyl (C=O) groups excluding carboxylic acids is 2. The van der Waals surface area contributed by atoms with E-state index in [1.54, 1.807) is 25.1 Å². The molecule has 0 bridgehead atoms. The minimum absolute atomic E-state index is 0.127. The lowest BCUT2D eigenvalue weighted by molar-refractivity contribution is -0.136. The lowest BCUT2D eigenvalue weighted by Gasteiger charge is -2.27. The van der Waals surface area contributed by atoms with Crippen molar-refractivity contribution in [3.05, 3.63) is 45.1 Å². The molecule has 20 heavy (non-hydrogen) atoms. The van der Waals surface area contributed by atoms with Crippen LogP contribution in [0.5, 0.6) is 0 Å². The van der Waals surface area contributed by atoms with Gasteiger partial charge in [0.2, 0.25) is 5.91 Å². The van der Waals surface area contributed by atoms with Crippen LogP contribution in [0, 0.1) is 0 Å². The van der Waals surface area contributed by atoms with Crippen LogP contribution in [0.1, 0.15) is 24.8 Å². The van der Waals surface area contributed by atoms with Crippen LogP contribution in [0.15, 0.2) is 29.5 Å². The largest absolute Gasteiger partial charge is 0.466 e. The molecular formula is C14H13Cl2NO3. The Hall–Kier alpha value is -1.52. The third-order valence-electron chi connectivity index (χ3n) is 3.23. The molecule has 1 N–H and O–H groups in total. The summed E-state index contributed by atoms with van der Waals surface area (Å²) in [5, 5.41) is 3.38. The number of allylic oxidation sites excluding steroid dienone is 1. The number of nitrogens with one attached hydrogen (secondary N) is 1. The third kappa shape index (κ3) is 2.67. The molecule has 1 aromatic rings. The minimum Gasteiger partial charge on any atom is -0.466 e. The molecule has 6 heteroatoms. The van der Waals surface area contributed by atoms with E-state index in [4.69, 9.17) is 27.9 Å². The van der Waals surface area contributed by atoms with E-state index in [9.17, 15) is 9.59 Å². The second-order valence-corrected chi connectivity index (χ2v) is 5.26. The highest BCUT2D eigenvalue weighted by molar-refractivity contribution is 6.42. The molecule has 1 atom stereocenters. The molecule has 0 saturated carbocycles. The number of benzene rings is 1. The van der Waals surface area contributed by atoms with Crippen LogP contribution >= 0.6 is 23.2 Å². The fraction of sp³-hybridized carbons (Fsp3) is 0.286. The van der Waals surface area contributed by atoms with E-state index in [2.05, 4.69) is 5.32 Å². The van der Waals surface area contributed by atoms with Crippen molar-refractivity contribution in [3.8, 4) is 0 Å². The molecule has 1 heterocycles. The summed E-state index contributed by atoms with van der Waals surface area (Å²) >= 11 is 12.2. The number of hydrogen-bond acceptors (Lipinski definition) is 3. The molecule has 0 saturated heterocycles. The highest BCUT2D eigenvalue weighted by Gasteiger charge is 2.33. The molecule has 0 aliphatic carbocycles. The first kappa shape index (κ1) is 14.9. The number of esters is 1. The summed E-state index contributed by atoms with van der Waals surface area (Å²) in [5.41, 5.74) is 1.53. The van der Waals surface area contributed by atoms with Gasteiger partial charge in [-0.2, -0.15) is 0 Å². The Balaban J connectivity index is 2.57. The van der Waals surface area contributed by atoms with Gasteiger partial charge in [-0.05, 0) is 18.6 Å². The van der Waals surface area contributed by atoms with Gasteiger partial charge < -0.3 is 10.1 Å². The highest BCUT2D eigenvalue weighted by Crippen LogP contribution is 2.39. The van der Waals surface area contributed by atoms with Gasteiger partial charge >= 0.3 is 5.97 Å². The summed E-state index contributed by atoms with van der Waals surface area (Å²) in [5.74, 6) is -1.11. The highest BCUT2D eigenvalue weighted by atomic mass is 35.5. The van der Waals surface area contributed by atoms with Crippen molar-refractivity contribution in [3.63, 3.8) is 0 Å². The lowest BCUT2D eigenvalue weighted by atomic mass is 9.84. The molecule has 0 unspecified atom stereocenters. The summed E-state index contributed by atoms with van der Waals surface area (Å²) in [6.45, 7) is 1.66. The van der Waals surface area contributed by atoms with Crippen LogP contribution in [0.4, 0.5) is 0 Å². The van der Waals surface area contributed by atoms with Crippen LogP contribution in [0.25, 0.3) is 0 Å².